The van der Waals surface area contributed by atoms with Crippen LogP contribution in [0.4, 0.5) is 5.82 Å². The predicted octanol–water partition coefficient (Wildman–Crippen LogP) is 1.96. The van der Waals surface area contributed by atoms with E-state index in [4.69, 9.17) is 5.84 Å². The number of aryl methyl sites for hydroxylation is 1. The molecule has 0 aliphatic heterocycles. The van der Waals surface area contributed by atoms with Crippen LogP contribution in [0.1, 0.15) is 26.1 Å². The van der Waals surface area contributed by atoms with Gasteiger partial charge in [0.2, 0.25) is 0 Å². The summed E-state index contributed by atoms with van der Waals surface area (Å²) in [5, 5.41) is 1.54. The van der Waals surface area contributed by atoms with Crippen molar-refractivity contribution in [3.63, 3.8) is 0 Å². The van der Waals surface area contributed by atoms with Crippen molar-refractivity contribution in [1.29, 1.82) is 0 Å². The van der Waals surface area contributed by atoms with Gasteiger partial charge in [-0.15, -0.1) is 11.8 Å². The highest BCUT2D eigenvalue weighted by molar-refractivity contribution is 7.99. The molecule has 0 aliphatic rings. The molecule has 3 N–H and O–H groups in total. The Kier molecular flexibility index (Phi) is 4.16. The molecule has 0 spiro atoms. The van der Waals surface area contributed by atoms with Crippen molar-refractivity contribution in [2.45, 2.75) is 37.5 Å². The first-order valence-electron chi connectivity index (χ1n) is 4.64. The summed E-state index contributed by atoms with van der Waals surface area (Å²) in [6, 6.07) is 1.86. The molecular weight excluding hydrogens is 196 g/mol. The van der Waals surface area contributed by atoms with Gasteiger partial charge < -0.3 is 5.43 Å². The number of nitrogens with one attached hydrogen (secondary N) is 1. The molecule has 1 rings (SSSR count). The Labute approximate surface area is 88.7 Å². The zero-order valence-electron chi connectivity index (χ0n) is 8.74. The van der Waals surface area contributed by atoms with Crippen molar-refractivity contribution in [2.75, 3.05) is 5.43 Å². The quantitative estimate of drug-likeness (QED) is 0.346. The minimum absolute atomic E-state index is 0.565. The Morgan fingerprint density at radius 2 is 2.29 bits per heavy atom. The number of nitrogen functional groups attached to an aromatic ring is 1. The smallest absolute Gasteiger partial charge is 0.144 e. The predicted molar refractivity (Wildman–Crippen MR) is 60.2 cm³/mol. The van der Waals surface area contributed by atoms with Crippen molar-refractivity contribution in [2.24, 2.45) is 5.84 Å². The lowest BCUT2D eigenvalue weighted by Gasteiger charge is -2.08. The van der Waals surface area contributed by atoms with E-state index in [2.05, 4.69) is 29.2 Å². The lowest BCUT2D eigenvalue weighted by Crippen LogP contribution is -2.10. The molecule has 0 fully saturated rings. The van der Waals surface area contributed by atoms with Crippen LogP contribution in [-0.4, -0.2) is 15.2 Å². The van der Waals surface area contributed by atoms with Gasteiger partial charge in [-0.1, -0.05) is 13.8 Å². The van der Waals surface area contributed by atoms with E-state index in [-0.39, 0.29) is 0 Å². The molecule has 1 unspecified atom stereocenters. The van der Waals surface area contributed by atoms with Gasteiger partial charge in [0.25, 0.3) is 0 Å². The van der Waals surface area contributed by atoms with E-state index in [1.165, 1.54) is 0 Å². The maximum absolute atomic E-state index is 5.30. The number of aromatic nitrogens is 2. The van der Waals surface area contributed by atoms with Gasteiger partial charge in [0.15, 0.2) is 0 Å². The lowest BCUT2D eigenvalue weighted by molar-refractivity contribution is 0.893. The van der Waals surface area contributed by atoms with Crippen molar-refractivity contribution >= 4 is 17.6 Å². The minimum atomic E-state index is 0.565. The summed E-state index contributed by atoms with van der Waals surface area (Å²) >= 11 is 1.74. The molecule has 1 aromatic rings. The fraction of sp³-hybridized carbons (Fsp3) is 0.556. The summed E-state index contributed by atoms with van der Waals surface area (Å²) in [7, 11) is 0. The molecule has 4 nitrogen and oxygen atoms in total. The molecule has 0 aromatic carbocycles. The molecule has 0 amide bonds. The van der Waals surface area contributed by atoms with Gasteiger partial charge in [0, 0.05) is 11.3 Å². The third-order valence-electron chi connectivity index (χ3n) is 1.86. The van der Waals surface area contributed by atoms with Crippen LogP contribution in [0, 0.1) is 6.92 Å². The fourth-order valence-electron chi connectivity index (χ4n) is 0.964. The molecular formula is C9H16N4S. The van der Waals surface area contributed by atoms with Crippen LogP contribution in [-0.2, 0) is 0 Å². The Morgan fingerprint density at radius 3 is 2.86 bits per heavy atom. The van der Waals surface area contributed by atoms with Gasteiger partial charge in [-0.05, 0) is 13.3 Å². The summed E-state index contributed by atoms with van der Waals surface area (Å²) in [6.07, 6.45) is 1.12. The second kappa shape index (κ2) is 5.17. The van der Waals surface area contributed by atoms with Gasteiger partial charge in [-0.25, -0.2) is 15.8 Å². The second-order valence-electron chi connectivity index (χ2n) is 3.12. The van der Waals surface area contributed by atoms with Gasteiger partial charge in [-0.3, -0.25) is 0 Å². The molecule has 1 atom stereocenters. The molecule has 0 saturated heterocycles. The highest BCUT2D eigenvalue weighted by Gasteiger charge is 2.05. The molecule has 0 saturated carbocycles. The van der Waals surface area contributed by atoms with Crippen LogP contribution >= 0.6 is 11.8 Å². The Balaban J connectivity index is 2.81. The first-order chi connectivity index (χ1) is 6.65. The largest absolute Gasteiger partial charge is 0.308 e. The Morgan fingerprint density at radius 1 is 1.57 bits per heavy atom. The first kappa shape index (κ1) is 11.3. The number of hydrazine groups is 1. The van der Waals surface area contributed by atoms with Crippen LogP contribution in [0.3, 0.4) is 0 Å². The highest BCUT2D eigenvalue weighted by atomic mass is 32.2. The number of anilines is 1. The highest BCUT2D eigenvalue weighted by Crippen LogP contribution is 2.24. The number of thioether (sulfide) groups is 1. The van der Waals surface area contributed by atoms with E-state index in [1.54, 1.807) is 11.8 Å². The first-order valence-corrected chi connectivity index (χ1v) is 5.52. The lowest BCUT2D eigenvalue weighted by atomic mass is 10.4. The maximum atomic E-state index is 5.30. The summed E-state index contributed by atoms with van der Waals surface area (Å²) in [5.41, 5.74) is 2.53. The molecule has 5 heteroatoms. The molecule has 0 bridgehead atoms. The van der Waals surface area contributed by atoms with Crippen LogP contribution < -0.4 is 11.3 Å². The van der Waals surface area contributed by atoms with Crippen molar-refractivity contribution < 1.29 is 0 Å². The zero-order valence-corrected chi connectivity index (χ0v) is 9.56. The van der Waals surface area contributed by atoms with E-state index in [9.17, 15) is 0 Å². The number of hydrogen-bond donors (Lipinski definition) is 2. The fourth-order valence-corrected chi connectivity index (χ4v) is 1.91. The average molecular weight is 212 g/mol. The van der Waals surface area contributed by atoms with E-state index < -0.39 is 0 Å². The zero-order chi connectivity index (χ0) is 10.6. The van der Waals surface area contributed by atoms with Crippen molar-refractivity contribution in [3.8, 4) is 0 Å². The van der Waals surface area contributed by atoms with Gasteiger partial charge in [-0.2, -0.15) is 0 Å². The maximum Gasteiger partial charge on any atom is 0.144 e. The molecule has 1 aromatic heterocycles. The Bertz CT molecular complexity index is 303. The van der Waals surface area contributed by atoms with Crippen molar-refractivity contribution in [3.05, 3.63) is 11.9 Å². The number of rotatable bonds is 4. The number of hydrogen-bond acceptors (Lipinski definition) is 5. The van der Waals surface area contributed by atoms with Gasteiger partial charge in [0.05, 0.1) is 0 Å². The van der Waals surface area contributed by atoms with E-state index in [0.29, 0.717) is 11.1 Å². The summed E-state index contributed by atoms with van der Waals surface area (Å²) < 4.78 is 0. The topological polar surface area (TPSA) is 63.8 Å². The standard InChI is InChI=1S/C9H16N4S/c1-4-6(2)14-9-5-8(13-10)11-7(3)12-9/h5-6H,4,10H2,1-3H3,(H,11,12,13). The van der Waals surface area contributed by atoms with Gasteiger partial charge >= 0.3 is 0 Å². The summed E-state index contributed by atoms with van der Waals surface area (Å²) in [4.78, 5) is 8.45. The van der Waals surface area contributed by atoms with Crippen LogP contribution in [0.15, 0.2) is 11.1 Å². The molecule has 1 heterocycles. The average Bonchev–Trinajstić information content (AvgIpc) is 2.16. The SMILES string of the molecule is CCC(C)Sc1cc(NN)nc(C)n1. The van der Waals surface area contributed by atoms with E-state index in [0.717, 1.165) is 17.3 Å². The van der Waals surface area contributed by atoms with Crippen molar-refractivity contribution in [1.82, 2.24) is 9.97 Å². The summed E-state index contributed by atoms with van der Waals surface area (Å²) in [5.74, 6) is 6.71. The molecule has 0 aliphatic carbocycles. The normalized spacial score (nSPS) is 12.6. The second-order valence-corrected chi connectivity index (χ2v) is 4.58. The molecule has 14 heavy (non-hydrogen) atoms. The molecule has 78 valence electrons. The third-order valence-corrected chi connectivity index (χ3v) is 3.05. The van der Waals surface area contributed by atoms with Crippen LogP contribution in [0.5, 0.6) is 0 Å². The van der Waals surface area contributed by atoms with E-state index in [1.807, 2.05) is 13.0 Å². The number of nitrogens with zero attached hydrogens (tertiary/aromatic N) is 2. The Hall–Kier alpha value is -0.810. The summed E-state index contributed by atoms with van der Waals surface area (Å²) in [6.45, 7) is 6.20. The molecule has 0 radical (unpaired) electrons. The van der Waals surface area contributed by atoms with Crippen LogP contribution in [0.2, 0.25) is 0 Å². The minimum Gasteiger partial charge on any atom is -0.308 e. The number of nitrogens with two attached hydrogens (primary N) is 1. The monoisotopic (exact) mass is 212 g/mol. The van der Waals surface area contributed by atoms with E-state index >= 15 is 0 Å². The third kappa shape index (κ3) is 3.16. The van der Waals surface area contributed by atoms with Gasteiger partial charge in [0.1, 0.15) is 16.7 Å². The van der Waals surface area contributed by atoms with Crippen LogP contribution in [0.25, 0.3) is 0 Å².